The summed E-state index contributed by atoms with van der Waals surface area (Å²) in [6.45, 7) is 7.29. The van der Waals surface area contributed by atoms with Crippen molar-refractivity contribution >= 4 is 17.5 Å². The van der Waals surface area contributed by atoms with Crippen LogP contribution in [0.1, 0.15) is 68.9 Å². The molecule has 0 radical (unpaired) electrons. The van der Waals surface area contributed by atoms with E-state index >= 15 is 0 Å². The van der Waals surface area contributed by atoms with Crippen LogP contribution in [0.5, 0.6) is 0 Å². The molecule has 1 aromatic heterocycles. The van der Waals surface area contributed by atoms with Crippen LogP contribution in [0.25, 0.3) is 0 Å². The van der Waals surface area contributed by atoms with E-state index < -0.39 is 0 Å². The lowest BCUT2D eigenvalue weighted by atomic mass is 9.87. The first-order valence-corrected chi connectivity index (χ1v) is 10.1. The van der Waals surface area contributed by atoms with Crippen molar-refractivity contribution < 1.29 is 4.79 Å². The number of rotatable bonds is 6. The minimum Gasteiger partial charge on any atom is -0.354 e. The maximum absolute atomic E-state index is 12.5. The highest BCUT2D eigenvalue weighted by Crippen LogP contribution is 2.23. The normalized spacial score (nSPS) is 14.3. The Morgan fingerprint density at radius 3 is 2.57 bits per heavy atom. The molecule has 0 atom stereocenters. The van der Waals surface area contributed by atoms with Crippen LogP contribution in [0.15, 0.2) is 48.2 Å². The van der Waals surface area contributed by atoms with Gasteiger partial charge in [-0.2, -0.15) is 0 Å². The summed E-state index contributed by atoms with van der Waals surface area (Å²) in [5.41, 5.74) is 3.94. The Kier molecular flexibility index (Phi) is 6.45. The molecular weight excluding hydrogens is 348 g/mol. The van der Waals surface area contributed by atoms with E-state index in [0.29, 0.717) is 11.6 Å². The Morgan fingerprint density at radius 1 is 1.11 bits per heavy atom. The third kappa shape index (κ3) is 5.65. The summed E-state index contributed by atoms with van der Waals surface area (Å²) in [5, 5.41) is 6.14. The number of hydrogen-bond donors (Lipinski definition) is 2. The number of allylic oxidation sites excluding steroid dienone is 1. The fourth-order valence-corrected chi connectivity index (χ4v) is 3.29. The first kappa shape index (κ1) is 20.1. The Balaban J connectivity index is 1.56. The topological polar surface area (TPSA) is 66.9 Å². The summed E-state index contributed by atoms with van der Waals surface area (Å²) in [7, 11) is 0. The molecular formula is C23H30N4O. The number of amides is 1. The molecule has 0 fully saturated rings. The van der Waals surface area contributed by atoms with E-state index in [1.165, 1.54) is 36.8 Å². The van der Waals surface area contributed by atoms with Gasteiger partial charge in [0, 0.05) is 18.4 Å². The fraction of sp³-hybridized carbons (Fsp3) is 0.435. The second-order valence-electron chi connectivity index (χ2n) is 8.33. The molecule has 28 heavy (non-hydrogen) atoms. The summed E-state index contributed by atoms with van der Waals surface area (Å²) in [6.07, 6.45) is 9.94. The van der Waals surface area contributed by atoms with Crippen LogP contribution < -0.4 is 10.6 Å². The van der Waals surface area contributed by atoms with E-state index in [1.807, 2.05) is 24.3 Å². The van der Waals surface area contributed by atoms with E-state index in [-0.39, 0.29) is 11.3 Å². The smallest absolute Gasteiger partial charge is 0.274 e. The van der Waals surface area contributed by atoms with E-state index in [2.05, 4.69) is 47.4 Å². The number of aromatic nitrogens is 2. The quantitative estimate of drug-likeness (QED) is 0.667. The molecule has 0 bridgehead atoms. The average Bonchev–Trinajstić information content (AvgIpc) is 2.69. The number of hydrogen-bond acceptors (Lipinski definition) is 4. The van der Waals surface area contributed by atoms with E-state index in [0.717, 1.165) is 18.7 Å². The fourth-order valence-electron chi connectivity index (χ4n) is 3.29. The van der Waals surface area contributed by atoms with Crippen LogP contribution in [0, 0.1) is 0 Å². The summed E-state index contributed by atoms with van der Waals surface area (Å²) in [6, 6.07) is 9.58. The molecule has 0 saturated carbocycles. The van der Waals surface area contributed by atoms with Crippen molar-refractivity contribution in [1.29, 1.82) is 0 Å². The number of carbonyl (C=O) groups excluding carboxylic acids is 1. The summed E-state index contributed by atoms with van der Waals surface area (Å²) < 4.78 is 0. The summed E-state index contributed by atoms with van der Waals surface area (Å²) >= 11 is 0. The second-order valence-corrected chi connectivity index (χ2v) is 8.33. The number of nitrogens with one attached hydrogen (secondary N) is 2. The molecule has 5 heteroatoms. The van der Waals surface area contributed by atoms with E-state index in [1.54, 1.807) is 12.3 Å². The van der Waals surface area contributed by atoms with Crippen LogP contribution in [-0.2, 0) is 5.41 Å². The van der Waals surface area contributed by atoms with Crippen molar-refractivity contribution in [1.82, 2.24) is 9.97 Å². The first-order valence-electron chi connectivity index (χ1n) is 10.1. The highest BCUT2D eigenvalue weighted by Gasteiger charge is 2.14. The van der Waals surface area contributed by atoms with Gasteiger partial charge in [0.05, 0.1) is 0 Å². The maximum Gasteiger partial charge on any atom is 0.274 e. The highest BCUT2D eigenvalue weighted by molar-refractivity contribution is 6.02. The molecule has 2 aromatic rings. The molecule has 5 nitrogen and oxygen atoms in total. The second kappa shape index (κ2) is 9.00. The number of anilines is 2. The van der Waals surface area contributed by atoms with Gasteiger partial charge in [-0.3, -0.25) is 4.79 Å². The van der Waals surface area contributed by atoms with Crippen LogP contribution >= 0.6 is 0 Å². The van der Waals surface area contributed by atoms with Crippen molar-refractivity contribution in [2.24, 2.45) is 0 Å². The first-order chi connectivity index (χ1) is 13.4. The number of benzene rings is 1. The average molecular weight is 379 g/mol. The Bertz CT molecular complexity index is 834. The number of nitrogens with zero attached hydrogens (tertiary/aromatic N) is 2. The van der Waals surface area contributed by atoms with Gasteiger partial charge < -0.3 is 10.6 Å². The van der Waals surface area contributed by atoms with Gasteiger partial charge in [0.15, 0.2) is 0 Å². The molecule has 1 aromatic carbocycles. The van der Waals surface area contributed by atoms with Gasteiger partial charge in [0.25, 0.3) is 5.91 Å². The molecule has 1 amide bonds. The molecule has 0 unspecified atom stereocenters. The van der Waals surface area contributed by atoms with Gasteiger partial charge in [-0.15, -0.1) is 0 Å². The SMILES string of the molecule is CC(C)(C)c1ccc(NC(=O)c2ccnc(NCCC3=CCCCC3)n2)cc1. The van der Waals surface area contributed by atoms with Gasteiger partial charge in [0.2, 0.25) is 5.95 Å². The lowest BCUT2D eigenvalue weighted by molar-refractivity contribution is 0.102. The molecule has 0 aliphatic heterocycles. The van der Waals surface area contributed by atoms with Crippen molar-refractivity contribution in [2.75, 3.05) is 17.2 Å². The molecule has 1 heterocycles. The molecule has 0 saturated heterocycles. The van der Waals surface area contributed by atoms with Gasteiger partial charge in [-0.1, -0.05) is 44.6 Å². The van der Waals surface area contributed by atoms with Gasteiger partial charge in [-0.25, -0.2) is 9.97 Å². The van der Waals surface area contributed by atoms with E-state index in [4.69, 9.17) is 0 Å². The lowest BCUT2D eigenvalue weighted by Crippen LogP contribution is -2.16. The predicted octanol–water partition coefficient (Wildman–Crippen LogP) is 5.33. The summed E-state index contributed by atoms with van der Waals surface area (Å²) in [4.78, 5) is 21.1. The molecule has 148 valence electrons. The van der Waals surface area contributed by atoms with Crippen LogP contribution in [0.2, 0.25) is 0 Å². The van der Waals surface area contributed by atoms with Crippen molar-refractivity contribution in [2.45, 2.75) is 58.3 Å². The Morgan fingerprint density at radius 2 is 1.89 bits per heavy atom. The number of carbonyl (C=O) groups is 1. The Labute approximate surface area is 167 Å². The van der Waals surface area contributed by atoms with Crippen LogP contribution in [-0.4, -0.2) is 22.4 Å². The van der Waals surface area contributed by atoms with Crippen molar-refractivity contribution in [3.63, 3.8) is 0 Å². The third-order valence-electron chi connectivity index (χ3n) is 5.01. The maximum atomic E-state index is 12.5. The third-order valence-corrected chi connectivity index (χ3v) is 5.01. The zero-order valence-electron chi connectivity index (χ0n) is 17.1. The van der Waals surface area contributed by atoms with E-state index in [9.17, 15) is 4.79 Å². The van der Waals surface area contributed by atoms with Crippen molar-refractivity contribution in [3.05, 3.63) is 59.4 Å². The Hall–Kier alpha value is -2.69. The zero-order chi connectivity index (χ0) is 20.0. The molecule has 0 spiro atoms. The monoisotopic (exact) mass is 378 g/mol. The minimum absolute atomic E-state index is 0.0867. The van der Waals surface area contributed by atoms with Gasteiger partial charge >= 0.3 is 0 Å². The molecule has 1 aliphatic carbocycles. The van der Waals surface area contributed by atoms with Gasteiger partial charge in [0.1, 0.15) is 5.69 Å². The summed E-state index contributed by atoms with van der Waals surface area (Å²) in [5.74, 6) is 0.260. The molecule has 1 aliphatic rings. The van der Waals surface area contributed by atoms with Gasteiger partial charge in [-0.05, 0) is 61.3 Å². The largest absolute Gasteiger partial charge is 0.354 e. The molecule has 2 N–H and O–H groups in total. The molecule has 3 rings (SSSR count). The van der Waals surface area contributed by atoms with Crippen LogP contribution in [0.3, 0.4) is 0 Å². The predicted molar refractivity (Wildman–Crippen MR) is 115 cm³/mol. The minimum atomic E-state index is -0.232. The lowest BCUT2D eigenvalue weighted by Gasteiger charge is -2.19. The van der Waals surface area contributed by atoms with Crippen molar-refractivity contribution in [3.8, 4) is 0 Å². The highest BCUT2D eigenvalue weighted by atomic mass is 16.1. The standard InChI is InChI=1S/C23H30N4O/c1-23(2,3)18-9-11-19(12-10-18)26-21(28)20-14-16-25-22(27-20)24-15-13-17-7-5-4-6-8-17/h7,9-12,14,16H,4-6,8,13,15H2,1-3H3,(H,26,28)(H,24,25,27). The van der Waals surface area contributed by atoms with Crippen LogP contribution in [0.4, 0.5) is 11.6 Å². The zero-order valence-corrected chi connectivity index (χ0v) is 17.1.